The van der Waals surface area contributed by atoms with E-state index in [9.17, 15) is 0 Å². The van der Waals surface area contributed by atoms with Gasteiger partial charge in [0.25, 0.3) is 0 Å². The number of thiocarbonyl (C=S) groups is 1. The van der Waals surface area contributed by atoms with Crippen LogP contribution in [0.2, 0.25) is 10.0 Å². The summed E-state index contributed by atoms with van der Waals surface area (Å²) < 4.78 is 0. The average Bonchev–Trinajstić information content (AvgIpc) is 2.19. The first-order valence-corrected chi connectivity index (χ1v) is 5.08. The Morgan fingerprint density at radius 1 is 1.47 bits per heavy atom. The van der Waals surface area contributed by atoms with Gasteiger partial charge in [-0.25, -0.2) is 0 Å². The molecule has 0 bridgehead atoms. The lowest BCUT2D eigenvalue weighted by atomic mass is 10.1. The van der Waals surface area contributed by atoms with Crippen molar-refractivity contribution in [3.8, 4) is 6.07 Å². The monoisotopic (exact) mass is 256 g/mol. The van der Waals surface area contributed by atoms with Crippen molar-refractivity contribution in [2.75, 3.05) is 0 Å². The van der Waals surface area contributed by atoms with Gasteiger partial charge in [-0.05, 0) is 17.7 Å². The van der Waals surface area contributed by atoms with Gasteiger partial charge in [0.1, 0.15) is 11.1 Å². The van der Waals surface area contributed by atoms with Gasteiger partial charge in [-0.1, -0.05) is 47.6 Å². The third-order valence-corrected chi connectivity index (χ3v) is 2.72. The first-order valence-electron chi connectivity index (χ1n) is 3.92. The summed E-state index contributed by atoms with van der Waals surface area (Å²) in [5.74, 6) is 0. The van der Waals surface area contributed by atoms with Crippen molar-refractivity contribution in [1.29, 1.82) is 5.26 Å². The van der Waals surface area contributed by atoms with Crippen molar-refractivity contribution >= 4 is 46.5 Å². The van der Waals surface area contributed by atoms with Crippen molar-refractivity contribution in [2.45, 2.75) is 0 Å². The minimum Gasteiger partial charge on any atom is -0.389 e. The second-order valence-corrected chi connectivity index (χ2v) is 3.90. The Labute approximate surface area is 103 Å². The minimum absolute atomic E-state index is 0.0357. The molecule has 0 heterocycles. The predicted octanol–water partition coefficient (Wildman–Crippen LogP) is 3.19. The molecule has 0 unspecified atom stereocenters. The standard InChI is InChI=1S/C10H6Cl2N2S/c11-8-3-1-2-6(9(8)12)4-7(5-13)10(14)15/h1-4H,(H2,14,15)/b7-4-. The maximum Gasteiger partial charge on any atom is 0.114 e. The molecule has 0 aliphatic carbocycles. The maximum atomic E-state index is 8.76. The number of hydrogen-bond acceptors (Lipinski definition) is 2. The topological polar surface area (TPSA) is 49.8 Å². The van der Waals surface area contributed by atoms with E-state index in [1.807, 2.05) is 6.07 Å². The van der Waals surface area contributed by atoms with Gasteiger partial charge in [0.05, 0.1) is 15.6 Å². The number of halogens is 2. The SMILES string of the molecule is N#C/C(=C/c1cccc(Cl)c1Cl)C(N)=S. The number of benzene rings is 1. The van der Waals surface area contributed by atoms with Crippen molar-refractivity contribution in [3.63, 3.8) is 0 Å². The molecule has 0 spiro atoms. The molecule has 2 nitrogen and oxygen atoms in total. The van der Waals surface area contributed by atoms with Crippen molar-refractivity contribution in [2.24, 2.45) is 5.73 Å². The van der Waals surface area contributed by atoms with E-state index < -0.39 is 0 Å². The van der Waals surface area contributed by atoms with Gasteiger partial charge in [0, 0.05) is 0 Å². The Hall–Kier alpha value is -1.08. The van der Waals surface area contributed by atoms with Crippen molar-refractivity contribution < 1.29 is 0 Å². The van der Waals surface area contributed by atoms with Crippen LogP contribution in [-0.2, 0) is 0 Å². The largest absolute Gasteiger partial charge is 0.389 e. The third-order valence-electron chi connectivity index (χ3n) is 1.67. The maximum absolute atomic E-state index is 8.76. The van der Waals surface area contributed by atoms with E-state index in [1.54, 1.807) is 18.2 Å². The van der Waals surface area contributed by atoms with E-state index in [1.165, 1.54) is 6.08 Å². The summed E-state index contributed by atoms with van der Waals surface area (Å²) in [5, 5.41) is 9.56. The molecule has 0 saturated heterocycles. The Bertz CT molecular complexity index is 475. The van der Waals surface area contributed by atoms with Gasteiger partial charge in [-0.15, -0.1) is 0 Å². The van der Waals surface area contributed by atoms with Gasteiger partial charge in [-0.3, -0.25) is 0 Å². The molecular weight excluding hydrogens is 251 g/mol. The van der Waals surface area contributed by atoms with E-state index in [-0.39, 0.29) is 10.6 Å². The van der Waals surface area contributed by atoms with Crippen LogP contribution in [0, 0.1) is 11.3 Å². The first kappa shape index (κ1) is 12.0. The summed E-state index contributed by atoms with van der Waals surface area (Å²) in [5.41, 5.74) is 6.17. The Morgan fingerprint density at radius 3 is 2.67 bits per heavy atom. The van der Waals surface area contributed by atoms with Crippen LogP contribution in [0.4, 0.5) is 0 Å². The molecule has 0 amide bonds. The molecular formula is C10H6Cl2N2S. The van der Waals surface area contributed by atoms with Gasteiger partial charge in [-0.2, -0.15) is 5.26 Å². The molecule has 0 radical (unpaired) electrons. The number of nitriles is 1. The highest BCUT2D eigenvalue weighted by atomic mass is 35.5. The van der Waals surface area contributed by atoms with Gasteiger partial charge in [0.2, 0.25) is 0 Å². The molecule has 0 saturated carbocycles. The lowest BCUT2D eigenvalue weighted by Gasteiger charge is -2.01. The zero-order chi connectivity index (χ0) is 11.4. The highest BCUT2D eigenvalue weighted by molar-refractivity contribution is 7.80. The van der Waals surface area contributed by atoms with Crippen LogP contribution in [0.15, 0.2) is 23.8 Å². The molecule has 2 N–H and O–H groups in total. The van der Waals surface area contributed by atoms with E-state index >= 15 is 0 Å². The normalized spacial score (nSPS) is 10.9. The van der Waals surface area contributed by atoms with E-state index in [0.717, 1.165) is 0 Å². The Kier molecular flexibility index (Phi) is 4.10. The highest BCUT2D eigenvalue weighted by Crippen LogP contribution is 2.27. The smallest absolute Gasteiger partial charge is 0.114 e. The molecule has 1 rings (SSSR count). The molecule has 0 fully saturated rings. The molecule has 5 heteroatoms. The zero-order valence-electron chi connectivity index (χ0n) is 7.50. The summed E-state index contributed by atoms with van der Waals surface area (Å²) in [6, 6.07) is 7.01. The molecule has 0 atom stereocenters. The Morgan fingerprint density at radius 2 is 2.13 bits per heavy atom. The fourth-order valence-corrected chi connectivity index (χ4v) is 1.41. The number of nitrogens with two attached hydrogens (primary N) is 1. The van der Waals surface area contributed by atoms with Gasteiger partial charge < -0.3 is 5.73 Å². The lowest BCUT2D eigenvalue weighted by molar-refractivity contribution is 1.51. The quantitative estimate of drug-likeness (QED) is 0.503. The molecule has 76 valence electrons. The molecule has 1 aromatic carbocycles. The van der Waals surface area contributed by atoms with Crippen LogP contribution in [-0.4, -0.2) is 4.99 Å². The third kappa shape index (κ3) is 2.93. The Balaban J connectivity index is 3.25. The summed E-state index contributed by atoms with van der Waals surface area (Å²) >= 11 is 16.4. The minimum atomic E-state index is 0.0357. The van der Waals surface area contributed by atoms with Crippen LogP contribution < -0.4 is 5.73 Å². The van der Waals surface area contributed by atoms with Gasteiger partial charge in [0.15, 0.2) is 0 Å². The van der Waals surface area contributed by atoms with Crippen LogP contribution >= 0.6 is 35.4 Å². The predicted molar refractivity (Wildman–Crippen MR) is 66.8 cm³/mol. The fourth-order valence-electron chi connectivity index (χ4n) is 0.946. The second kappa shape index (κ2) is 5.13. The van der Waals surface area contributed by atoms with Crippen LogP contribution in [0.25, 0.3) is 6.08 Å². The summed E-state index contributed by atoms with van der Waals surface area (Å²) in [6.45, 7) is 0. The number of nitrogens with zero attached hydrogens (tertiary/aromatic N) is 1. The number of rotatable bonds is 2. The number of hydrogen-bond donors (Lipinski definition) is 1. The lowest BCUT2D eigenvalue weighted by Crippen LogP contribution is -2.09. The molecule has 15 heavy (non-hydrogen) atoms. The zero-order valence-corrected chi connectivity index (χ0v) is 9.83. The second-order valence-electron chi connectivity index (χ2n) is 2.68. The van der Waals surface area contributed by atoms with Gasteiger partial charge >= 0.3 is 0 Å². The molecule has 0 aromatic heterocycles. The summed E-state index contributed by atoms with van der Waals surface area (Å²) in [7, 11) is 0. The highest BCUT2D eigenvalue weighted by Gasteiger charge is 2.05. The van der Waals surface area contributed by atoms with E-state index in [4.69, 9.17) is 46.4 Å². The van der Waals surface area contributed by atoms with Crippen LogP contribution in [0.5, 0.6) is 0 Å². The average molecular weight is 257 g/mol. The van der Waals surface area contributed by atoms with E-state index in [0.29, 0.717) is 15.6 Å². The summed E-state index contributed by atoms with van der Waals surface area (Å²) in [6.07, 6.45) is 1.51. The molecule has 0 aliphatic rings. The molecule has 1 aromatic rings. The fraction of sp³-hybridized carbons (Fsp3) is 0. The van der Waals surface area contributed by atoms with Crippen molar-refractivity contribution in [3.05, 3.63) is 39.4 Å². The van der Waals surface area contributed by atoms with Crippen molar-refractivity contribution in [1.82, 2.24) is 0 Å². The van der Waals surface area contributed by atoms with Crippen LogP contribution in [0.1, 0.15) is 5.56 Å². The molecule has 0 aliphatic heterocycles. The van der Waals surface area contributed by atoms with E-state index in [2.05, 4.69) is 0 Å². The van der Waals surface area contributed by atoms with Crippen LogP contribution in [0.3, 0.4) is 0 Å². The first-order chi connectivity index (χ1) is 7.06. The summed E-state index contributed by atoms with van der Waals surface area (Å²) in [4.78, 5) is 0.0357.